The van der Waals surface area contributed by atoms with Gasteiger partial charge in [-0.3, -0.25) is 4.79 Å². The van der Waals surface area contributed by atoms with Crippen LogP contribution in [0.5, 0.6) is 5.75 Å². The second-order valence-corrected chi connectivity index (χ2v) is 5.80. The van der Waals surface area contributed by atoms with Gasteiger partial charge < -0.3 is 15.2 Å². The number of methoxy groups -OCH3 is 1. The number of ether oxygens (including phenoxy) is 1. The summed E-state index contributed by atoms with van der Waals surface area (Å²) < 4.78 is 5.17. The fourth-order valence-electron chi connectivity index (χ4n) is 2.35. The molecule has 0 heterocycles. The minimum atomic E-state index is -1.04. The molecule has 0 saturated heterocycles. The van der Waals surface area contributed by atoms with Crippen molar-refractivity contribution < 1.29 is 19.4 Å². The molecule has 2 N–H and O–H groups in total. The molecule has 0 aromatic heterocycles. The van der Waals surface area contributed by atoms with Crippen molar-refractivity contribution in [1.82, 2.24) is 0 Å². The van der Waals surface area contributed by atoms with Crippen LogP contribution in [-0.2, 0) is 11.2 Å². The molecule has 126 valence electrons. The van der Waals surface area contributed by atoms with Crippen LogP contribution < -0.4 is 10.1 Å². The fourth-order valence-corrected chi connectivity index (χ4v) is 2.35. The summed E-state index contributed by atoms with van der Waals surface area (Å²) in [5, 5.41) is 11.8. The van der Waals surface area contributed by atoms with Gasteiger partial charge in [-0.2, -0.15) is 0 Å². The van der Waals surface area contributed by atoms with Crippen molar-refractivity contribution in [3.63, 3.8) is 0 Å². The largest absolute Gasteiger partial charge is 0.495 e. The van der Waals surface area contributed by atoms with E-state index in [2.05, 4.69) is 5.32 Å². The maximum Gasteiger partial charge on any atom is 0.335 e. The lowest BCUT2D eigenvalue weighted by atomic mass is 9.99. The van der Waals surface area contributed by atoms with Crippen molar-refractivity contribution in [2.45, 2.75) is 20.3 Å². The van der Waals surface area contributed by atoms with Gasteiger partial charge in [-0.25, -0.2) is 4.79 Å². The molecule has 5 nitrogen and oxygen atoms in total. The number of amides is 1. The highest BCUT2D eigenvalue weighted by molar-refractivity contribution is 5.95. The van der Waals surface area contributed by atoms with Gasteiger partial charge in [0.25, 0.3) is 0 Å². The third-order valence-electron chi connectivity index (χ3n) is 3.82. The Morgan fingerprint density at radius 1 is 1.17 bits per heavy atom. The number of hydrogen-bond donors (Lipinski definition) is 2. The summed E-state index contributed by atoms with van der Waals surface area (Å²) in [6.07, 6.45) is 0.627. The molecule has 0 spiro atoms. The molecule has 0 aliphatic carbocycles. The molecule has 2 rings (SSSR count). The molecule has 1 unspecified atom stereocenters. The van der Waals surface area contributed by atoms with Gasteiger partial charge in [0.2, 0.25) is 5.91 Å². The van der Waals surface area contributed by atoms with Gasteiger partial charge in [-0.05, 0) is 37.1 Å². The van der Waals surface area contributed by atoms with Crippen LogP contribution in [0, 0.1) is 12.8 Å². The third-order valence-corrected chi connectivity index (χ3v) is 3.82. The number of carbonyl (C=O) groups is 2. The summed E-state index contributed by atoms with van der Waals surface area (Å²) in [6, 6.07) is 12.4. The molecule has 0 fully saturated rings. The number of benzene rings is 2. The molecule has 0 bridgehead atoms. The van der Waals surface area contributed by atoms with Crippen molar-refractivity contribution >= 4 is 17.6 Å². The molecular weight excluding hydrogens is 306 g/mol. The maximum atomic E-state index is 12.4. The minimum absolute atomic E-state index is 0.109. The summed E-state index contributed by atoms with van der Waals surface area (Å²) in [7, 11) is 1.44. The Labute approximate surface area is 141 Å². The van der Waals surface area contributed by atoms with Crippen LogP contribution in [0.25, 0.3) is 0 Å². The Kier molecular flexibility index (Phi) is 5.58. The first-order chi connectivity index (χ1) is 11.4. The van der Waals surface area contributed by atoms with E-state index in [1.54, 1.807) is 6.07 Å². The van der Waals surface area contributed by atoms with E-state index in [0.29, 0.717) is 17.9 Å². The van der Waals surface area contributed by atoms with Crippen molar-refractivity contribution in [3.8, 4) is 5.75 Å². The SMILES string of the molecule is COc1cc(C(=O)O)ccc1NC(=O)C(C)Cc1ccc(C)cc1. The van der Waals surface area contributed by atoms with Crippen molar-refractivity contribution in [2.24, 2.45) is 5.92 Å². The lowest BCUT2D eigenvalue weighted by molar-refractivity contribution is -0.119. The second-order valence-electron chi connectivity index (χ2n) is 5.80. The number of rotatable bonds is 6. The van der Waals surface area contributed by atoms with Gasteiger partial charge in [-0.1, -0.05) is 36.8 Å². The summed E-state index contributed by atoms with van der Waals surface area (Å²) in [5.74, 6) is -1.08. The molecule has 1 amide bonds. The van der Waals surface area contributed by atoms with Gasteiger partial charge in [0.15, 0.2) is 0 Å². The highest BCUT2D eigenvalue weighted by atomic mass is 16.5. The fraction of sp³-hybridized carbons (Fsp3) is 0.263. The van der Waals surface area contributed by atoms with E-state index in [-0.39, 0.29) is 17.4 Å². The third kappa shape index (κ3) is 4.35. The second kappa shape index (κ2) is 7.64. The topological polar surface area (TPSA) is 75.6 Å². The minimum Gasteiger partial charge on any atom is -0.495 e. The van der Waals surface area contributed by atoms with Crippen molar-refractivity contribution in [2.75, 3.05) is 12.4 Å². The van der Waals surface area contributed by atoms with E-state index in [4.69, 9.17) is 9.84 Å². The zero-order chi connectivity index (χ0) is 17.7. The molecule has 2 aromatic carbocycles. The first-order valence-corrected chi connectivity index (χ1v) is 7.68. The molecule has 0 radical (unpaired) electrons. The average Bonchev–Trinajstić information content (AvgIpc) is 2.56. The van der Waals surface area contributed by atoms with E-state index >= 15 is 0 Å². The monoisotopic (exact) mass is 327 g/mol. The summed E-state index contributed by atoms with van der Waals surface area (Å²) in [6.45, 7) is 3.88. The first-order valence-electron chi connectivity index (χ1n) is 7.68. The van der Waals surface area contributed by atoms with E-state index in [1.165, 1.54) is 24.8 Å². The van der Waals surface area contributed by atoms with Crippen LogP contribution in [-0.4, -0.2) is 24.1 Å². The Morgan fingerprint density at radius 3 is 2.42 bits per heavy atom. The smallest absolute Gasteiger partial charge is 0.335 e. The first kappa shape index (κ1) is 17.5. The lowest BCUT2D eigenvalue weighted by Crippen LogP contribution is -2.22. The van der Waals surface area contributed by atoms with Gasteiger partial charge in [0.1, 0.15) is 5.75 Å². The zero-order valence-corrected chi connectivity index (χ0v) is 14.0. The number of nitrogens with one attached hydrogen (secondary N) is 1. The van der Waals surface area contributed by atoms with Crippen LogP contribution in [0.3, 0.4) is 0 Å². The standard InChI is InChI=1S/C19H21NO4/c1-12-4-6-14(7-5-12)10-13(2)18(21)20-16-9-8-15(19(22)23)11-17(16)24-3/h4-9,11,13H,10H2,1-3H3,(H,20,21)(H,22,23). The Hall–Kier alpha value is -2.82. The summed E-state index contributed by atoms with van der Waals surface area (Å²) in [4.78, 5) is 23.4. The van der Waals surface area contributed by atoms with E-state index in [1.807, 2.05) is 38.1 Å². The lowest BCUT2D eigenvalue weighted by Gasteiger charge is -2.15. The Balaban J connectivity index is 2.08. The van der Waals surface area contributed by atoms with Crippen LogP contribution in [0.4, 0.5) is 5.69 Å². The quantitative estimate of drug-likeness (QED) is 0.851. The normalized spacial score (nSPS) is 11.6. The number of carboxylic acids is 1. The molecule has 0 aliphatic heterocycles. The summed E-state index contributed by atoms with van der Waals surface area (Å²) >= 11 is 0. The molecular formula is C19H21NO4. The van der Waals surface area contributed by atoms with E-state index in [0.717, 1.165) is 5.56 Å². The number of hydrogen-bond acceptors (Lipinski definition) is 3. The predicted molar refractivity (Wildman–Crippen MR) is 92.6 cm³/mol. The average molecular weight is 327 g/mol. The van der Waals surface area contributed by atoms with Crippen LogP contribution in [0.2, 0.25) is 0 Å². The van der Waals surface area contributed by atoms with Gasteiger partial charge in [0, 0.05) is 5.92 Å². The number of anilines is 1. The van der Waals surface area contributed by atoms with Gasteiger partial charge in [0.05, 0.1) is 18.4 Å². The number of carbonyl (C=O) groups excluding carboxylic acids is 1. The number of carboxylic acid groups (broad SMARTS) is 1. The highest BCUT2D eigenvalue weighted by Crippen LogP contribution is 2.26. The molecule has 5 heteroatoms. The Morgan fingerprint density at radius 2 is 1.83 bits per heavy atom. The van der Waals surface area contributed by atoms with Crippen molar-refractivity contribution in [1.29, 1.82) is 0 Å². The van der Waals surface area contributed by atoms with E-state index in [9.17, 15) is 9.59 Å². The molecule has 2 aromatic rings. The number of aryl methyl sites for hydroxylation is 1. The van der Waals surface area contributed by atoms with Gasteiger partial charge >= 0.3 is 5.97 Å². The molecule has 0 aliphatic rings. The van der Waals surface area contributed by atoms with Gasteiger partial charge in [-0.15, -0.1) is 0 Å². The van der Waals surface area contributed by atoms with Crippen LogP contribution >= 0.6 is 0 Å². The summed E-state index contributed by atoms with van der Waals surface area (Å²) in [5.41, 5.74) is 2.84. The van der Waals surface area contributed by atoms with E-state index < -0.39 is 5.97 Å². The number of aromatic carboxylic acids is 1. The molecule has 1 atom stereocenters. The maximum absolute atomic E-state index is 12.4. The van der Waals surface area contributed by atoms with Crippen LogP contribution in [0.15, 0.2) is 42.5 Å². The highest BCUT2D eigenvalue weighted by Gasteiger charge is 2.16. The van der Waals surface area contributed by atoms with Crippen LogP contribution in [0.1, 0.15) is 28.4 Å². The molecule has 24 heavy (non-hydrogen) atoms. The predicted octanol–water partition coefficient (Wildman–Crippen LogP) is 3.52. The molecule has 0 saturated carbocycles. The zero-order valence-electron chi connectivity index (χ0n) is 14.0. The van der Waals surface area contributed by atoms with Crippen molar-refractivity contribution in [3.05, 3.63) is 59.2 Å². The Bertz CT molecular complexity index is 738.